The third-order valence-electron chi connectivity index (χ3n) is 9.50. The molecule has 13 heteroatoms. The summed E-state index contributed by atoms with van der Waals surface area (Å²) in [6, 6.07) is -4.13. The molecule has 6 amide bonds. The molecule has 1 heterocycles. The summed E-state index contributed by atoms with van der Waals surface area (Å²) < 4.78 is 5.41. The molecule has 260 valence electrons. The van der Waals surface area contributed by atoms with Crippen LogP contribution in [-0.2, 0) is 23.9 Å². The van der Waals surface area contributed by atoms with E-state index >= 15 is 0 Å². The normalized spacial score (nSPS) is 24.1. The Hall–Kier alpha value is -3.38. The number of likely N-dealkylation sites (tertiary alicyclic amines) is 1. The molecule has 2 saturated carbocycles. The second kappa shape index (κ2) is 13.0. The van der Waals surface area contributed by atoms with Crippen molar-refractivity contribution < 1.29 is 33.5 Å². The Labute approximate surface area is 273 Å². The Morgan fingerprint density at radius 2 is 1.48 bits per heavy atom. The van der Waals surface area contributed by atoms with Crippen molar-refractivity contribution in [2.24, 2.45) is 39.7 Å². The zero-order chi connectivity index (χ0) is 35.2. The van der Waals surface area contributed by atoms with E-state index in [0.717, 1.165) is 12.8 Å². The van der Waals surface area contributed by atoms with Gasteiger partial charge >= 0.3 is 12.1 Å². The van der Waals surface area contributed by atoms with E-state index in [9.17, 15) is 28.8 Å². The van der Waals surface area contributed by atoms with Gasteiger partial charge in [-0.05, 0) is 61.2 Å². The molecule has 1 aliphatic heterocycles. The molecule has 1 saturated heterocycles. The van der Waals surface area contributed by atoms with Crippen molar-refractivity contribution in [3.8, 4) is 0 Å². The lowest BCUT2D eigenvalue weighted by molar-refractivity contribution is -0.145. The maximum atomic E-state index is 14.3. The van der Waals surface area contributed by atoms with Crippen LogP contribution in [0, 0.1) is 34.0 Å². The summed E-state index contributed by atoms with van der Waals surface area (Å²) in [6.07, 6.45) is 1.55. The predicted molar refractivity (Wildman–Crippen MR) is 172 cm³/mol. The first-order chi connectivity index (χ1) is 20.8. The van der Waals surface area contributed by atoms with Gasteiger partial charge in [0.05, 0.1) is 12.1 Å². The first-order valence-electron chi connectivity index (χ1n) is 16.3. The van der Waals surface area contributed by atoms with Gasteiger partial charge in [-0.1, -0.05) is 68.2 Å². The third kappa shape index (κ3) is 9.12. The third-order valence-corrected chi connectivity index (χ3v) is 9.50. The van der Waals surface area contributed by atoms with E-state index in [1.807, 2.05) is 76.2 Å². The number of alkyl carbamates (subject to hydrolysis) is 1. The summed E-state index contributed by atoms with van der Waals surface area (Å²) in [4.78, 5) is 79.7. The molecular weight excluding hydrogens is 592 g/mol. The van der Waals surface area contributed by atoms with Crippen molar-refractivity contribution in [3.05, 3.63) is 0 Å². The summed E-state index contributed by atoms with van der Waals surface area (Å²) >= 11 is 0. The number of urea groups is 1. The average Bonchev–Trinajstić information content (AvgIpc) is 3.73. The van der Waals surface area contributed by atoms with Gasteiger partial charge in [0.25, 0.3) is 5.91 Å². The largest absolute Gasteiger partial charge is 0.447 e. The molecule has 46 heavy (non-hydrogen) atoms. The fraction of sp³-hybridized carbons (Fsp3) is 0.818. The molecule has 2 aliphatic carbocycles. The van der Waals surface area contributed by atoms with Gasteiger partial charge in [0.2, 0.25) is 17.6 Å². The summed E-state index contributed by atoms with van der Waals surface area (Å²) in [7, 11) is 0. The molecule has 6 N–H and O–H groups in total. The fourth-order valence-corrected chi connectivity index (χ4v) is 6.32. The SMILES string of the molecule is CC(C)(C)NC(=O)OC[C@@H](NC(=O)N[C@H](C(=O)N1CC2C([C@H]1C(=O)NC(CC1CC1)C(=O)C(N)=O)C2(C)C)C(C)(C)C)C(C)(C)C. The van der Waals surface area contributed by atoms with Gasteiger partial charge in [0.15, 0.2) is 0 Å². The van der Waals surface area contributed by atoms with Gasteiger partial charge in [-0.3, -0.25) is 19.2 Å². The Kier molecular flexibility index (Phi) is 10.5. The van der Waals surface area contributed by atoms with Crippen LogP contribution in [0.25, 0.3) is 0 Å². The minimum absolute atomic E-state index is 0.0667. The second-order valence-electron chi connectivity index (χ2n) is 17.2. The highest BCUT2D eigenvalue weighted by Gasteiger charge is 2.70. The Bertz CT molecular complexity index is 1220. The van der Waals surface area contributed by atoms with E-state index in [0.29, 0.717) is 13.0 Å². The monoisotopic (exact) mass is 648 g/mol. The van der Waals surface area contributed by atoms with Crippen LogP contribution in [0.3, 0.4) is 0 Å². The number of carbonyl (C=O) groups is 6. The predicted octanol–water partition coefficient (Wildman–Crippen LogP) is 2.46. The number of ketones is 1. The maximum absolute atomic E-state index is 14.3. The first-order valence-corrected chi connectivity index (χ1v) is 16.3. The van der Waals surface area contributed by atoms with Crippen LogP contribution < -0.4 is 27.0 Å². The summed E-state index contributed by atoms with van der Waals surface area (Å²) in [5.74, 6) is -2.70. The number of rotatable bonds is 11. The van der Waals surface area contributed by atoms with Gasteiger partial charge in [-0.2, -0.15) is 0 Å². The van der Waals surface area contributed by atoms with Crippen molar-refractivity contribution in [1.29, 1.82) is 0 Å². The van der Waals surface area contributed by atoms with Crippen molar-refractivity contribution in [2.75, 3.05) is 13.2 Å². The van der Waals surface area contributed by atoms with Crippen LogP contribution in [0.4, 0.5) is 9.59 Å². The standard InChI is InChI=1S/C33H56N6O7/c1-30(2,3)20(16-46-29(45)38-32(7,8)9)36-28(44)37-24(31(4,5)6)27(43)39-15-18-21(33(18,10)11)22(39)26(42)35-19(14-17-12-13-17)23(40)25(34)41/h17-22,24H,12-16H2,1-11H3,(H2,34,41)(H,35,42)(H,38,45)(H2,36,37,44)/t18?,19?,20-,21?,22+,24-/m1/s1. The van der Waals surface area contributed by atoms with Crippen molar-refractivity contribution in [1.82, 2.24) is 26.2 Å². The minimum atomic E-state index is -1.10. The molecule has 0 aromatic heterocycles. The number of hydrogen-bond acceptors (Lipinski definition) is 7. The Morgan fingerprint density at radius 3 is 1.96 bits per heavy atom. The Morgan fingerprint density at radius 1 is 0.891 bits per heavy atom. The topological polar surface area (TPSA) is 189 Å². The highest BCUT2D eigenvalue weighted by atomic mass is 16.5. The van der Waals surface area contributed by atoms with Crippen LogP contribution in [0.15, 0.2) is 0 Å². The number of nitrogens with zero attached hydrogens (tertiary/aromatic N) is 1. The van der Waals surface area contributed by atoms with Gasteiger partial charge in [0, 0.05) is 12.1 Å². The number of amides is 6. The van der Waals surface area contributed by atoms with E-state index in [4.69, 9.17) is 10.5 Å². The number of hydrogen-bond donors (Lipinski definition) is 5. The highest BCUT2D eigenvalue weighted by Crippen LogP contribution is 2.65. The van der Waals surface area contributed by atoms with E-state index in [-0.39, 0.29) is 29.8 Å². The number of Topliss-reactive ketones (excluding diaryl/α,β-unsaturated/α-hetero) is 1. The van der Waals surface area contributed by atoms with Crippen LogP contribution >= 0.6 is 0 Å². The lowest BCUT2D eigenvalue weighted by Crippen LogP contribution is -2.62. The van der Waals surface area contributed by atoms with Crippen LogP contribution in [-0.4, -0.2) is 83.4 Å². The van der Waals surface area contributed by atoms with Crippen molar-refractivity contribution in [2.45, 2.75) is 125 Å². The lowest BCUT2D eigenvalue weighted by Gasteiger charge is -2.38. The fourth-order valence-electron chi connectivity index (χ4n) is 6.32. The number of piperidine rings is 1. The molecule has 6 atom stereocenters. The molecule has 3 rings (SSSR count). The molecule has 0 bridgehead atoms. The molecular formula is C33H56N6O7. The average molecular weight is 649 g/mol. The van der Waals surface area contributed by atoms with Gasteiger partial charge in [-0.15, -0.1) is 0 Å². The van der Waals surface area contributed by atoms with Crippen LogP contribution in [0.1, 0.15) is 95.4 Å². The molecule has 3 unspecified atom stereocenters. The van der Waals surface area contributed by atoms with Gasteiger partial charge < -0.3 is 36.6 Å². The van der Waals surface area contributed by atoms with Gasteiger partial charge in [0.1, 0.15) is 18.7 Å². The maximum Gasteiger partial charge on any atom is 0.407 e. The summed E-state index contributed by atoms with van der Waals surface area (Å²) in [6.45, 7) is 21.0. The van der Waals surface area contributed by atoms with E-state index in [1.165, 1.54) is 4.90 Å². The molecule has 0 aromatic rings. The number of nitrogens with one attached hydrogen (secondary N) is 4. The number of primary amides is 1. The zero-order valence-corrected chi connectivity index (χ0v) is 29.5. The van der Waals surface area contributed by atoms with Crippen LogP contribution in [0.2, 0.25) is 0 Å². The van der Waals surface area contributed by atoms with Crippen LogP contribution in [0.5, 0.6) is 0 Å². The van der Waals surface area contributed by atoms with Gasteiger partial charge in [-0.25, -0.2) is 9.59 Å². The zero-order valence-electron chi connectivity index (χ0n) is 29.5. The smallest absolute Gasteiger partial charge is 0.407 e. The molecule has 0 spiro atoms. The van der Waals surface area contributed by atoms with E-state index < -0.39 is 76.2 Å². The number of ether oxygens (including phenoxy) is 1. The minimum Gasteiger partial charge on any atom is -0.447 e. The molecule has 0 aromatic carbocycles. The molecule has 3 fully saturated rings. The molecule has 13 nitrogen and oxygen atoms in total. The number of nitrogens with two attached hydrogens (primary N) is 1. The number of carbonyl (C=O) groups excluding carboxylic acids is 6. The molecule has 3 aliphatic rings. The van der Waals surface area contributed by atoms with E-state index in [2.05, 4.69) is 21.3 Å². The lowest BCUT2D eigenvalue weighted by atomic mass is 9.85. The first kappa shape index (κ1) is 37.1. The van der Waals surface area contributed by atoms with E-state index in [1.54, 1.807) is 0 Å². The summed E-state index contributed by atoms with van der Waals surface area (Å²) in [5, 5.41) is 11.2. The number of fused-ring (bicyclic) bond motifs is 1. The summed E-state index contributed by atoms with van der Waals surface area (Å²) in [5.41, 5.74) is 3.37. The van der Waals surface area contributed by atoms with Crippen molar-refractivity contribution >= 4 is 35.6 Å². The Balaban J connectivity index is 1.78. The van der Waals surface area contributed by atoms with Crippen molar-refractivity contribution in [3.63, 3.8) is 0 Å². The highest BCUT2D eigenvalue weighted by molar-refractivity contribution is 6.37. The second-order valence-corrected chi connectivity index (χ2v) is 17.2. The quantitative estimate of drug-likeness (QED) is 0.213. The molecule has 0 radical (unpaired) electrons.